The summed E-state index contributed by atoms with van der Waals surface area (Å²) < 4.78 is 60.7. The van der Waals surface area contributed by atoms with Crippen molar-refractivity contribution in [1.29, 1.82) is 0 Å². The minimum atomic E-state index is -3.31. The van der Waals surface area contributed by atoms with Gasteiger partial charge >= 0.3 is 0 Å². The van der Waals surface area contributed by atoms with Gasteiger partial charge in [-0.05, 0) is 42.7 Å². The molecule has 2 aromatic rings. The highest BCUT2D eigenvalue weighted by atomic mass is 32.2. The molecule has 1 saturated carbocycles. The molecule has 0 N–H and O–H groups in total. The van der Waals surface area contributed by atoms with Crippen molar-refractivity contribution in [2.24, 2.45) is 11.8 Å². The highest BCUT2D eigenvalue weighted by Gasteiger charge is 2.34. The summed E-state index contributed by atoms with van der Waals surface area (Å²) in [5.74, 6) is 1.04. The second kappa shape index (κ2) is 12.4. The molecule has 6 nitrogen and oxygen atoms in total. The number of allylic oxidation sites excluding steroid dienone is 1. The highest BCUT2D eigenvalue weighted by molar-refractivity contribution is 7.92. The van der Waals surface area contributed by atoms with E-state index in [2.05, 4.69) is 0 Å². The fraction of sp³-hybridized carbons (Fsp3) is 0.464. The largest absolute Gasteiger partial charge is 0.501 e. The zero-order valence-electron chi connectivity index (χ0n) is 21.4. The zero-order chi connectivity index (χ0) is 26.3. The van der Waals surface area contributed by atoms with Crippen molar-refractivity contribution in [2.75, 3.05) is 14.2 Å². The monoisotopic (exact) mass is 533 g/mol. The van der Waals surface area contributed by atoms with E-state index in [4.69, 9.17) is 9.47 Å². The molecule has 0 spiro atoms. The van der Waals surface area contributed by atoms with Crippen molar-refractivity contribution in [3.05, 3.63) is 78.9 Å². The van der Waals surface area contributed by atoms with Crippen molar-refractivity contribution < 1.29 is 26.3 Å². The Bertz CT molecular complexity index is 1210. The van der Waals surface area contributed by atoms with Crippen molar-refractivity contribution in [1.82, 2.24) is 0 Å². The molecule has 3 unspecified atom stereocenters. The Labute approximate surface area is 216 Å². The number of ether oxygens (including phenoxy) is 2. The van der Waals surface area contributed by atoms with E-state index in [0.29, 0.717) is 9.79 Å². The van der Waals surface area contributed by atoms with E-state index in [-0.39, 0.29) is 17.9 Å². The summed E-state index contributed by atoms with van der Waals surface area (Å²) in [6, 6.07) is 17.3. The van der Waals surface area contributed by atoms with Gasteiger partial charge in [-0.3, -0.25) is 6.42 Å². The molecule has 0 aromatic heterocycles. The molecule has 0 radical (unpaired) electrons. The topological polar surface area (TPSA) is 86.7 Å². The van der Waals surface area contributed by atoms with Crippen LogP contribution in [0.1, 0.15) is 39.5 Å². The predicted molar refractivity (Wildman–Crippen MR) is 142 cm³/mol. The SMILES string of the molecule is COC1=CC(S(=O)(=O)c2ccccc2)[C@@H](C)CC1.COC1[CH-]C(S(=O)(=O)c2ccccc2)[C@@H](C)CC1. The van der Waals surface area contributed by atoms with Crippen molar-refractivity contribution in [3.8, 4) is 0 Å². The molecule has 1 fully saturated rings. The first-order valence-electron chi connectivity index (χ1n) is 12.3. The first kappa shape index (κ1) is 28.4. The van der Waals surface area contributed by atoms with Crippen LogP contribution >= 0.6 is 0 Å². The normalized spacial score (nSPS) is 26.8. The molecular weight excluding hydrogens is 496 g/mol. The molecule has 0 bridgehead atoms. The lowest BCUT2D eigenvalue weighted by Gasteiger charge is -2.41. The molecule has 36 heavy (non-hydrogen) atoms. The number of sulfone groups is 2. The van der Waals surface area contributed by atoms with Gasteiger partial charge < -0.3 is 9.47 Å². The van der Waals surface area contributed by atoms with Crippen molar-refractivity contribution in [2.45, 2.75) is 65.9 Å². The Morgan fingerprint density at radius 2 is 1.31 bits per heavy atom. The van der Waals surface area contributed by atoms with Crippen LogP contribution in [-0.4, -0.2) is 47.7 Å². The molecule has 0 aliphatic heterocycles. The summed E-state index contributed by atoms with van der Waals surface area (Å²) in [6.45, 7) is 3.97. The second-order valence-electron chi connectivity index (χ2n) is 9.52. The molecule has 0 amide bonds. The van der Waals surface area contributed by atoms with Crippen LogP contribution in [0, 0.1) is 18.3 Å². The van der Waals surface area contributed by atoms with Gasteiger partial charge in [-0.25, -0.2) is 16.8 Å². The third-order valence-electron chi connectivity index (χ3n) is 7.05. The van der Waals surface area contributed by atoms with E-state index >= 15 is 0 Å². The summed E-state index contributed by atoms with van der Waals surface area (Å²) >= 11 is 0. The first-order chi connectivity index (χ1) is 17.1. The number of methoxy groups -OCH3 is 2. The van der Waals surface area contributed by atoms with Gasteiger partial charge in [0.05, 0.1) is 27.9 Å². The van der Waals surface area contributed by atoms with Gasteiger partial charge in [0.25, 0.3) is 0 Å². The van der Waals surface area contributed by atoms with Crippen LogP contribution in [0.25, 0.3) is 0 Å². The van der Waals surface area contributed by atoms with Crippen LogP contribution in [0.3, 0.4) is 0 Å². The minimum Gasteiger partial charge on any atom is -0.501 e. The van der Waals surface area contributed by atoms with Gasteiger partial charge in [0, 0.05) is 13.5 Å². The van der Waals surface area contributed by atoms with Crippen molar-refractivity contribution >= 4 is 19.7 Å². The van der Waals surface area contributed by atoms with Crippen LogP contribution in [0.15, 0.2) is 82.3 Å². The summed E-state index contributed by atoms with van der Waals surface area (Å²) in [5.41, 5.74) is 0. The smallest absolute Gasteiger partial charge is 0.185 e. The number of hydrogen-bond acceptors (Lipinski definition) is 6. The molecule has 0 saturated heterocycles. The van der Waals surface area contributed by atoms with Gasteiger partial charge in [-0.2, -0.15) is 0 Å². The van der Waals surface area contributed by atoms with Crippen LogP contribution in [0.5, 0.6) is 0 Å². The quantitative estimate of drug-likeness (QED) is 0.471. The molecule has 5 atom stereocenters. The average Bonchev–Trinajstić information content (AvgIpc) is 2.90. The Hall–Kier alpha value is -2.16. The van der Waals surface area contributed by atoms with Gasteiger partial charge in [0.2, 0.25) is 0 Å². The minimum absolute atomic E-state index is 0.0512. The lowest BCUT2D eigenvalue weighted by molar-refractivity contribution is 0.0969. The summed E-state index contributed by atoms with van der Waals surface area (Å²) in [7, 11) is -3.38. The second-order valence-corrected chi connectivity index (χ2v) is 13.7. The van der Waals surface area contributed by atoms with Gasteiger partial charge in [-0.15, -0.1) is 0 Å². The highest BCUT2D eigenvalue weighted by Crippen LogP contribution is 2.34. The molecule has 0 heterocycles. The van der Waals surface area contributed by atoms with Crippen LogP contribution in [0.4, 0.5) is 0 Å². The standard InChI is InChI=1S/C14H19O3S.C14H18O3S/c2*1-11-8-9-12(17-2)10-14(11)18(15,16)13-6-4-3-5-7-13/h3-7,10-12,14H,8-9H2,1-2H3;3-7,10-11,14H,8-9H2,1-2H3/q-1;/t11-,12?,14?;11-,14?/m00/s1. The maximum Gasteiger partial charge on any atom is 0.185 e. The van der Waals surface area contributed by atoms with E-state index in [1.165, 1.54) is 0 Å². The van der Waals surface area contributed by atoms with Crippen molar-refractivity contribution in [3.63, 3.8) is 0 Å². The van der Waals surface area contributed by atoms with Crippen LogP contribution in [0.2, 0.25) is 0 Å². The van der Waals surface area contributed by atoms with Gasteiger partial charge in [-0.1, -0.05) is 80.4 Å². The lowest BCUT2D eigenvalue weighted by atomic mass is 9.88. The van der Waals surface area contributed by atoms with Gasteiger partial charge in [0.1, 0.15) is 0 Å². The maximum atomic E-state index is 12.6. The summed E-state index contributed by atoms with van der Waals surface area (Å²) in [6.07, 6.45) is 7.00. The zero-order valence-corrected chi connectivity index (χ0v) is 23.0. The Balaban J connectivity index is 0.000000201. The molecule has 2 aliphatic rings. The molecule has 2 aliphatic carbocycles. The van der Waals surface area contributed by atoms with Gasteiger partial charge in [0.15, 0.2) is 19.7 Å². The first-order valence-corrected chi connectivity index (χ1v) is 15.4. The Morgan fingerprint density at radius 3 is 1.83 bits per heavy atom. The van der Waals surface area contributed by atoms with Crippen LogP contribution in [-0.2, 0) is 29.1 Å². The Morgan fingerprint density at radius 1 is 0.750 bits per heavy atom. The third-order valence-corrected chi connectivity index (χ3v) is 11.6. The molecule has 8 heteroatoms. The number of benzene rings is 2. The predicted octanol–water partition coefficient (Wildman–Crippen LogP) is 5.27. The van der Waals surface area contributed by atoms with E-state index in [1.807, 2.05) is 32.4 Å². The lowest BCUT2D eigenvalue weighted by Crippen LogP contribution is -2.38. The number of rotatable bonds is 6. The average molecular weight is 534 g/mol. The molecular formula is C28H37O6S2-. The third kappa shape index (κ3) is 6.58. The molecule has 198 valence electrons. The van der Waals surface area contributed by atoms with Crippen LogP contribution < -0.4 is 0 Å². The molecule has 2 aromatic carbocycles. The summed E-state index contributed by atoms with van der Waals surface area (Å²) in [5, 5.41) is -0.929. The maximum absolute atomic E-state index is 12.6. The number of hydrogen-bond donors (Lipinski definition) is 0. The fourth-order valence-electron chi connectivity index (χ4n) is 4.76. The van der Waals surface area contributed by atoms with E-state index in [0.717, 1.165) is 31.4 Å². The van der Waals surface area contributed by atoms with E-state index in [1.54, 1.807) is 68.8 Å². The fourth-order valence-corrected chi connectivity index (χ4v) is 8.67. The van der Waals surface area contributed by atoms with E-state index in [9.17, 15) is 16.8 Å². The summed E-state index contributed by atoms with van der Waals surface area (Å²) in [4.78, 5) is 0.783. The van der Waals surface area contributed by atoms with E-state index < -0.39 is 30.2 Å². The Kier molecular flexibility index (Phi) is 9.78. The molecule has 4 rings (SSSR count).